The molecule has 5 nitrogen and oxygen atoms in total. The van der Waals surface area contributed by atoms with Gasteiger partial charge in [0, 0.05) is 11.6 Å². The molecule has 0 bridgehead atoms. The molecule has 3 aliphatic carbocycles. The van der Waals surface area contributed by atoms with E-state index in [4.69, 9.17) is 0 Å². The molecule has 0 amide bonds. The molecule has 0 atom stereocenters. The second-order valence-electron chi connectivity index (χ2n) is 10.7. The number of aliphatic hydroxyl groups is 1. The van der Waals surface area contributed by atoms with E-state index in [1.807, 2.05) is 18.2 Å². The zero-order chi connectivity index (χ0) is 24.6. The molecule has 5 rings (SSSR count). The van der Waals surface area contributed by atoms with Gasteiger partial charge in [0.2, 0.25) is 10.0 Å². The van der Waals surface area contributed by atoms with Gasteiger partial charge in [0.05, 0.1) is 5.25 Å². The van der Waals surface area contributed by atoms with Crippen molar-refractivity contribution < 1.29 is 18.3 Å². The van der Waals surface area contributed by atoms with Crippen molar-refractivity contribution in [1.29, 1.82) is 0 Å². The summed E-state index contributed by atoms with van der Waals surface area (Å²) >= 11 is 0. The van der Waals surface area contributed by atoms with Crippen molar-refractivity contribution in [3.63, 3.8) is 0 Å². The van der Waals surface area contributed by atoms with Crippen LogP contribution in [-0.4, -0.2) is 30.2 Å². The predicted molar refractivity (Wildman–Crippen MR) is 140 cm³/mol. The summed E-state index contributed by atoms with van der Waals surface area (Å²) in [7, 11) is -3.35. The summed E-state index contributed by atoms with van der Waals surface area (Å²) in [6.45, 7) is 4.36. The van der Waals surface area contributed by atoms with Crippen LogP contribution in [0.1, 0.15) is 69.8 Å². The van der Waals surface area contributed by atoms with Crippen LogP contribution >= 0.6 is 0 Å². The normalized spacial score (nSPS) is 24.1. The van der Waals surface area contributed by atoms with Gasteiger partial charge in [-0.25, -0.2) is 8.42 Å². The monoisotopic (exact) mass is 493 g/mol. The molecule has 2 aromatic carbocycles. The quantitative estimate of drug-likeness (QED) is 0.476. The van der Waals surface area contributed by atoms with Crippen LogP contribution in [0.2, 0.25) is 0 Å². The van der Waals surface area contributed by atoms with Crippen LogP contribution < -0.4 is 4.72 Å². The Morgan fingerprint density at radius 1 is 0.886 bits per heavy atom. The number of hydrogen-bond donors (Lipinski definition) is 2. The molecule has 3 fully saturated rings. The summed E-state index contributed by atoms with van der Waals surface area (Å²) in [4.78, 5) is 12.5. The van der Waals surface area contributed by atoms with Crippen molar-refractivity contribution in [2.45, 2.75) is 75.1 Å². The van der Waals surface area contributed by atoms with Gasteiger partial charge in [-0.05, 0) is 91.7 Å². The maximum Gasteiger partial charge on any atom is 0.235 e. The van der Waals surface area contributed by atoms with E-state index in [-0.39, 0.29) is 17.0 Å². The summed E-state index contributed by atoms with van der Waals surface area (Å²) in [5.41, 5.74) is 3.78. The summed E-state index contributed by atoms with van der Waals surface area (Å²) in [5, 5.41) is 9.86. The Morgan fingerprint density at radius 3 is 2.14 bits per heavy atom. The number of ketones is 1. The number of allylic oxidation sites excluding steroid dienone is 1. The van der Waals surface area contributed by atoms with Crippen LogP contribution in [0.25, 0.3) is 16.7 Å². The molecule has 0 saturated heterocycles. The minimum absolute atomic E-state index is 0.00713. The second kappa shape index (κ2) is 9.55. The van der Waals surface area contributed by atoms with Crippen LogP contribution in [0.4, 0.5) is 5.69 Å². The first-order chi connectivity index (χ1) is 16.7. The van der Waals surface area contributed by atoms with E-state index < -0.39 is 15.6 Å². The van der Waals surface area contributed by atoms with E-state index in [2.05, 4.69) is 35.6 Å². The third-order valence-electron chi connectivity index (χ3n) is 8.23. The van der Waals surface area contributed by atoms with Gasteiger partial charge in [-0.1, -0.05) is 55.8 Å². The number of carbonyl (C=O) groups is 1. The lowest BCUT2D eigenvalue weighted by molar-refractivity contribution is -0.134. The molecule has 6 heteroatoms. The van der Waals surface area contributed by atoms with Gasteiger partial charge in [-0.3, -0.25) is 9.52 Å². The number of nitrogens with one attached hydrogen (secondary N) is 1. The van der Waals surface area contributed by atoms with Gasteiger partial charge in [-0.2, -0.15) is 0 Å². The molecule has 0 heterocycles. The first-order valence-electron chi connectivity index (χ1n) is 12.9. The highest BCUT2D eigenvalue weighted by Gasteiger charge is 2.50. The molecule has 0 aromatic heterocycles. The predicted octanol–water partition coefficient (Wildman–Crippen LogP) is 5.95. The number of sulfonamides is 1. The van der Waals surface area contributed by atoms with Crippen molar-refractivity contribution in [1.82, 2.24) is 0 Å². The Labute approximate surface area is 208 Å². The smallest absolute Gasteiger partial charge is 0.235 e. The lowest BCUT2D eigenvalue weighted by Crippen LogP contribution is -2.32. The van der Waals surface area contributed by atoms with E-state index in [0.29, 0.717) is 24.4 Å². The zero-order valence-electron chi connectivity index (χ0n) is 20.2. The van der Waals surface area contributed by atoms with Crippen LogP contribution in [0.3, 0.4) is 0 Å². The highest BCUT2D eigenvalue weighted by molar-refractivity contribution is 7.93. The van der Waals surface area contributed by atoms with Crippen molar-refractivity contribution in [2.75, 3.05) is 4.72 Å². The third-order valence-corrected chi connectivity index (χ3v) is 10.1. The summed E-state index contributed by atoms with van der Waals surface area (Å²) in [5.74, 6) is 0.401. The number of carbonyl (C=O) groups excluding carboxylic acids is 1. The lowest BCUT2D eigenvalue weighted by Gasteiger charge is -2.30. The molecule has 2 N–H and O–H groups in total. The average molecular weight is 494 g/mol. The van der Waals surface area contributed by atoms with Gasteiger partial charge >= 0.3 is 0 Å². The van der Waals surface area contributed by atoms with E-state index in [1.165, 1.54) is 0 Å². The SMILES string of the molecule is C=C(c1ccc(-c2cccc(NS(=O)(=O)C3CCCC3)c2)cc1)C1CCC(C(=O)C2(O)CC2)CC1. The third kappa shape index (κ3) is 5.24. The molecule has 35 heavy (non-hydrogen) atoms. The summed E-state index contributed by atoms with van der Waals surface area (Å²) in [6, 6.07) is 15.8. The maximum atomic E-state index is 12.7. The summed E-state index contributed by atoms with van der Waals surface area (Å²) < 4.78 is 28.1. The molecule has 2 aromatic rings. The Balaban J connectivity index is 1.22. The first kappa shape index (κ1) is 24.3. The zero-order valence-corrected chi connectivity index (χ0v) is 21.0. The first-order valence-corrected chi connectivity index (χ1v) is 14.5. The summed E-state index contributed by atoms with van der Waals surface area (Å²) in [6.07, 6.45) is 8.19. The number of hydrogen-bond acceptors (Lipinski definition) is 4. The van der Waals surface area contributed by atoms with E-state index in [1.54, 1.807) is 6.07 Å². The Bertz CT molecular complexity index is 1200. The number of benzene rings is 2. The van der Waals surface area contributed by atoms with Gasteiger partial charge in [0.15, 0.2) is 5.78 Å². The number of anilines is 1. The van der Waals surface area contributed by atoms with Gasteiger partial charge in [-0.15, -0.1) is 0 Å². The van der Waals surface area contributed by atoms with Crippen LogP contribution in [0, 0.1) is 11.8 Å². The molecule has 0 radical (unpaired) electrons. The molecule has 0 spiro atoms. The van der Waals surface area contributed by atoms with Gasteiger partial charge < -0.3 is 5.11 Å². The highest BCUT2D eigenvalue weighted by atomic mass is 32.2. The highest BCUT2D eigenvalue weighted by Crippen LogP contribution is 2.44. The Hall–Kier alpha value is -2.44. The standard InChI is InChI=1S/C29H35NO4S/c1-20(22-11-15-24(16-12-22)28(31)29(32)17-18-29)21-9-13-23(14-10-21)25-5-4-6-26(19-25)30-35(33,34)27-7-2-3-8-27/h4-6,9-10,13-14,19,22,24,27,30,32H,1-3,7-8,11-12,15-18H2. The largest absolute Gasteiger partial charge is 0.382 e. The Morgan fingerprint density at radius 2 is 1.51 bits per heavy atom. The topological polar surface area (TPSA) is 83.5 Å². The fourth-order valence-electron chi connectivity index (χ4n) is 5.77. The fraction of sp³-hybridized carbons (Fsp3) is 0.483. The van der Waals surface area contributed by atoms with E-state index in [0.717, 1.165) is 73.6 Å². The number of Topliss-reactive ketones (excluding diaryl/α,β-unsaturated/α-hetero) is 1. The maximum absolute atomic E-state index is 12.7. The van der Waals surface area contributed by atoms with Crippen molar-refractivity contribution >= 4 is 27.1 Å². The average Bonchev–Trinajstić information content (AvgIpc) is 3.37. The molecular formula is C29H35NO4S. The fourth-order valence-corrected chi connectivity index (χ4v) is 7.35. The van der Waals surface area contributed by atoms with Crippen LogP contribution in [0.15, 0.2) is 55.1 Å². The molecule has 3 saturated carbocycles. The van der Waals surface area contributed by atoms with Crippen LogP contribution in [0.5, 0.6) is 0 Å². The number of rotatable bonds is 8. The Kier molecular flexibility index (Phi) is 6.62. The molecule has 186 valence electrons. The second-order valence-corrected chi connectivity index (χ2v) is 12.6. The molecule has 0 aliphatic heterocycles. The lowest BCUT2D eigenvalue weighted by atomic mass is 9.75. The van der Waals surface area contributed by atoms with Crippen LogP contribution in [-0.2, 0) is 14.8 Å². The van der Waals surface area contributed by atoms with Crippen molar-refractivity contribution in [2.24, 2.45) is 11.8 Å². The minimum atomic E-state index is -3.35. The minimum Gasteiger partial charge on any atom is -0.382 e. The van der Waals surface area contributed by atoms with Crippen molar-refractivity contribution in [3.05, 3.63) is 60.7 Å². The molecule has 0 unspecified atom stereocenters. The van der Waals surface area contributed by atoms with E-state index >= 15 is 0 Å². The van der Waals surface area contributed by atoms with Gasteiger partial charge in [0.1, 0.15) is 5.60 Å². The van der Waals surface area contributed by atoms with Crippen molar-refractivity contribution in [3.8, 4) is 11.1 Å². The molecule has 3 aliphatic rings. The molecular weight excluding hydrogens is 458 g/mol. The van der Waals surface area contributed by atoms with Gasteiger partial charge in [0.25, 0.3) is 0 Å². The van der Waals surface area contributed by atoms with E-state index in [9.17, 15) is 18.3 Å².